The van der Waals surface area contributed by atoms with Gasteiger partial charge < -0.3 is 31.8 Å². The van der Waals surface area contributed by atoms with E-state index in [1.54, 1.807) is 6.07 Å². The van der Waals surface area contributed by atoms with E-state index in [4.69, 9.17) is 21.6 Å². The number of ether oxygens (including phenoxy) is 1. The number of phenolic OH excluding ortho intramolecular Hbond substituents is 2. The van der Waals surface area contributed by atoms with Crippen molar-refractivity contribution in [2.75, 3.05) is 11.5 Å². The maximum absolute atomic E-state index is 9.81. The summed E-state index contributed by atoms with van der Waals surface area (Å²) in [7, 11) is 0. The Morgan fingerprint density at radius 2 is 2.05 bits per heavy atom. The summed E-state index contributed by atoms with van der Waals surface area (Å²) < 4.78 is 5.49. The molecule has 3 rings (SSSR count). The summed E-state index contributed by atoms with van der Waals surface area (Å²) in [6.07, 6.45) is 1.42. The number of nitrogens with one attached hydrogen (secondary N) is 1. The first-order valence-electron chi connectivity index (χ1n) is 5.83. The molecular weight excluding hydrogens is 260 g/mol. The molecular formula is C13H12N4O3. The number of nitrogens with two attached hydrogens (primary N) is 2. The minimum atomic E-state index is -0.344. The van der Waals surface area contributed by atoms with Crippen LogP contribution in [0, 0.1) is 5.41 Å². The number of anilines is 2. The summed E-state index contributed by atoms with van der Waals surface area (Å²) >= 11 is 0. The minimum Gasteiger partial charge on any atom is -0.504 e. The maximum Gasteiger partial charge on any atom is 0.227 e. The van der Waals surface area contributed by atoms with Crippen LogP contribution in [0.1, 0.15) is 16.7 Å². The van der Waals surface area contributed by atoms with E-state index in [9.17, 15) is 10.2 Å². The van der Waals surface area contributed by atoms with Gasteiger partial charge in [0.05, 0.1) is 11.3 Å². The van der Waals surface area contributed by atoms with Crippen molar-refractivity contribution in [3.05, 3.63) is 28.8 Å². The van der Waals surface area contributed by atoms with E-state index < -0.39 is 0 Å². The molecule has 20 heavy (non-hydrogen) atoms. The van der Waals surface area contributed by atoms with Gasteiger partial charge in [0.1, 0.15) is 5.82 Å². The molecule has 0 bridgehead atoms. The van der Waals surface area contributed by atoms with Gasteiger partial charge >= 0.3 is 0 Å². The largest absolute Gasteiger partial charge is 0.504 e. The van der Waals surface area contributed by atoms with E-state index in [1.807, 2.05) is 0 Å². The maximum atomic E-state index is 9.81. The number of aromatic hydroxyl groups is 2. The molecule has 1 aliphatic heterocycles. The van der Waals surface area contributed by atoms with Gasteiger partial charge in [-0.2, -0.15) is 4.98 Å². The molecule has 1 aromatic heterocycles. The molecule has 0 spiro atoms. The number of nitrogens with zero attached hydrogens (tertiary/aromatic N) is 1. The first-order valence-corrected chi connectivity index (χ1v) is 5.83. The average Bonchev–Trinajstić information content (AvgIpc) is 2.43. The smallest absolute Gasteiger partial charge is 0.227 e. The van der Waals surface area contributed by atoms with E-state index in [0.29, 0.717) is 28.8 Å². The SMILES string of the molecule is N=Cc1c(N)nc2c(c1N)Cc1ccc(O)c(O)c1O2. The summed E-state index contributed by atoms with van der Waals surface area (Å²) in [4.78, 5) is 4.05. The zero-order chi connectivity index (χ0) is 14.4. The molecule has 1 aliphatic rings. The first-order chi connectivity index (χ1) is 9.52. The highest BCUT2D eigenvalue weighted by molar-refractivity contribution is 5.92. The van der Waals surface area contributed by atoms with Gasteiger partial charge in [-0.1, -0.05) is 6.07 Å². The standard InChI is InChI=1S/C13H12N4O3/c14-4-7-9(15)6-3-5-1-2-8(18)10(19)11(5)20-13(6)17-12(7)16/h1-2,4,14,18-19H,3H2,(H4,15,16,17). The highest BCUT2D eigenvalue weighted by Gasteiger charge is 2.26. The Morgan fingerprint density at radius 1 is 1.30 bits per heavy atom. The molecule has 7 nitrogen and oxygen atoms in total. The predicted octanol–water partition coefficient (Wildman–Crippen LogP) is 1.35. The van der Waals surface area contributed by atoms with Gasteiger partial charge in [-0.3, -0.25) is 0 Å². The number of nitrogen functional groups attached to an aromatic ring is 2. The lowest BCUT2D eigenvalue weighted by atomic mass is 9.98. The van der Waals surface area contributed by atoms with Crippen LogP contribution in [-0.2, 0) is 6.42 Å². The van der Waals surface area contributed by atoms with Gasteiger partial charge in [0, 0.05) is 23.8 Å². The van der Waals surface area contributed by atoms with Crippen LogP contribution in [0.25, 0.3) is 0 Å². The molecule has 0 saturated heterocycles. The van der Waals surface area contributed by atoms with Crippen molar-refractivity contribution in [1.82, 2.24) is 4.98 Å². The van der Waals surface area contributed by atoms with E-state index in [1.165, 1.54) is 6.07 Å². The summed E-state index contributed by atoms with van der Waals surface area (Å²) in [5, 5.41) is 26.6. The molecule has 2 aromatic rings. The lowest BCUT2D eigenvalue weighted by molar-refractivity contribution is 0.361. The molecule has 2 heterocycles. The Kier molecular flexibility index (Phi) is 2.43. The van der Waals surface area contributed by atoms with E-state index in [2.05, 4.69) is 4.98 Å². The molecule has 0 radical (unpaired) electrons. The Labute approximate surface area is 113 Å². The molecule has 0 unspecified atom stereocenters. The second-order valence-electron chi connectivity index (χ2n) is 4.45. The third-order valence-corrected chi connectivity index (χ3v) is 3.27. The Morgan fingerprint density at radius 3 is 2.75 bits per heavy atom. The van der Waals surface area contributed by atoms with Crippen LogP contribution in [0.15, 0.2) is 12.1 Å². The summed E-state index contributed by atoms with van der Waals surface area (Å²) in [6, 6.07) is 3.01. The van der Waals surface area contributed by atoms with E-state index >= 15 is 0 Å². The van der Waals surface area contributed by atoms with Crippen LogP contribution in [-0.4, -0.2) is 21.4 Å². The molecule has 1 aromatic carbocycles. The number of rotatable bonds is 1. The Hall–Kier alpha value is -2.96. The second kappa shape index (κ2) is 4.02. The van der Waals surface area contributed by atoms with Gasteiger partial charge in [-0.05, 0) is 6.07 Å². The van der Waals surface area contributed by atoms with Crippen molar-refractivity contribution in [2.45, 2.75) is 6.42 Å². The van der Waals surface area contributed by atoms with Gasteiger partial charge in [-0.15, -0.1) is 0 Å². The quantitative estimate of drug-likeness (QED) is 0.335. The van der Waals surface area contributed by atoms with Crippen LogP contribution in [0.4, 0.5) is 11.5 Å². The Balaban J connectivity index is 2.20. The first kappa shape index (κ1) is 12.1. The third-order valence-electron chi connectivity index (χ3n) is 3.27. The monoisotopic (exact) mass is 272 g/mol. The number of aromatic nitrogens is 1. The number of benzene rings is 1. The fourth-order valence-corrected chi connectivity index (χ4v) is 2.20. The molecule has 7 N–H and O–H groups in total. The molecule has 0 amide bonds. The van der Waals surface area contributed by atoms with Gasteiger partial charge in [0.2, 0.25) is 11.6 Å². The highest BCUT2D eigenvalue weighted by atomic mass is 16.5. The molecule has 102 valence electrons. The lowest BCUT2D eigenvalue weighted by Crippen LogP contribution is -2.12. The van der Waals surface area contributed by atoms with Crippen molar-refractivity contribution >= 4 is 17.7 Å². The molecule has 0 aliphatic carbocycles. The highest BCUT2D eigenvalue weighted by Crippen LogP contribution is 2.47. The van der Waals surface area contributed by atoms with Crippen molar-refractivity contribution in [1.29, 1.82) is 5.41 Å². The molecule has 0 fully saturated rings. The van der Waals surface area contributed by atoms with Crippen molar-refractivity contribution in [3.8, 4) is 23.1 Å². The zero-order valence-corrected chi connectivity index (χ0v) is 10.3. The van der Waals surface area contributed by atoms with Crippen molar-refractivity contribution < 1.29 is 14.9 Å². The lowest BCUT2D eigenvalue weighted by Gasteiger charge is -2.22. The van der Waals surface area contributed by atoms with E-state index in [0.717, 1.165) is 6.21 Å². The fourth-order valence-electron chi connectivity index (χ4n) is 2.20. The van der Waals surface area contributed by atoms with Crippen LogP contribution in [0.5, 0.6) is 23.1 Å². The number of phenols is 2. The zero-order valence-electron chi connectivity index (χ0n) is 10.3. The van der Waals surface area contributed by atoms with Crippen LogP contribution >= 0.6 is 0 Å². The summed E-state index contributed by atoms with van der Waals surface area (Å²) in [6.45, 7) is 0. The summed E-state index contributed by atoms with van der Waals surface area (Å²) in [5.41, 5.74) is 13.6. The van der Waals surface area contributed by atoms with Gasteiger partial charge in [0.25, 0.3) is 0 Å². The minimum absolute atomic E-state index is 0.0827. The second-order valence-corrected chi connectivity index (χ2v) is 4.45. The van der Waals surface area contributed by atoms with Crippen LogP contribution < -0.4 is 16.2 Å². The van der Waals surface area contributed by atoms with Crippen molar-refractivity contribution in [3.63, 3.8) is 0 Å². The van der Waals surface area contributed by atoms with Crippen LogP contribution in [0.2, 0.25) is 0 Å². The van der Waals surface area contributed by atoms with E-state index in [-0.39, 0.29) is 28.9 Å². The number of fused-ring (bicyclic) bond motifs is 2. The topological polar surface area (TPSA) is 138 Å². The summed E-state index contributed by atoms with van der Waals surface area (Å²) in [5.74, 6) is -0.211. The third kappa shape index (κ3) is 1.53. The fraction of sp³-hybridized carbons (Fsp3) is 0.0769. The number of pyridine rings is 1. The van der Waals surface area contributed by atoms with Crippen LogP contribution in [0.3, 0.4) is 0 Å². The van der Waals surface area contributed by atoms with Gasteiger partial charge in [-0.25, -0.2) is 0 Å². The molecule has 0 saturated carbocycles. The normalized spacial score (nSPS) is 12.2. The number of hydrogen-bond donors (Lipinski definition) is 5. The predicted molar refractivity (Wildman–Crippen MR) is 73.6 cm³/mol. The molecule has 7 heteroatoms. The van der Waals surface area contributed by atoms with Crippen molar-refractivity contribution in [2.24, 2.45) is 0 Å². The Bertz CT molecular complexity index is 743. The average molecular weight is 272 g/mol. The number of hydrogen-bond acceptors (Lipinski definition) is 7. The van der Waals surface area contributed by atoms with Gasteiger partial charge in [0.15, 0.2) is 11.5 Å². The molecule has 0 atom stereocenters.